The van der Waals surface area contributed by atoms with Crippen molar-refractivity contribution in [2.75, 3.05) is 44.2 Å². The number of phenolic OH excluding ortho intramolecular Hbond substituents is 1. The lowest BCUT2D eigenvalue weighted by molar-refractivity contribution is -0.137. The molecule has 3 N–H and O–H groups in total. The van der Waals surface area contributed by atoms with Gasteiger partial charge in [0, 0.05) is 50.4 Å². The summed E-state index contributed by atoms with van der Waals surface area (Å²) < 4.78 is 6.15. The summed E-state index contributed by atoms with van der Waals surface area (Å²) >= 11 is 0. The summed E-state index contributed by atoms with van der Waals surface area (Å²) in [6, 6.07) is 31.7. The summed E-state index contributed by atoms with van der Waals surface area (Å²) in [5.41, 5.74) is 8.51. The molecule has 0 radical (unpaired) electrons. The molecular weight excluding hydrogens is 709 g/mol. The lowest BCUT2D eigenvalue weighted by Crippen LogP contribution is -2.52. The number of piperazine rings is 1. The zero-order chi connectivity index (χ0) is 39.4. The van der Waals surface area contributed by atoms with Crippen LogP contribution in [-0.2, 0) is 20.9 Å². The number of imide groups is 1. The molecule has 1 atom stereocenters. The fourth-order valence-corrected chi connectivity index (χ4v) is 7.82. The summed E-state index contributed by atoms with van der Waals surface area (Å²) in [6.45, 7) is 7.92. The highest BCUT2D eigenvalue weighted by Gasteiger charge is 2.39. The first kappa shape index (κ1) is 39.7. The van der Waals surface area contributed by atoms with Crippen LogP contribution in [0.3, 0.4) is 0 Å². The predicted octanol–water partition coefficient (Wildman–Crippen LogP) is 6.59. The number of ether oxygens (including phenoxy) is 1. The molecule has 2 fully saturated rings. The molecule has 4 aromatic carbocycles. The Bertz CT molecular complexity index is 2010. The minimum atomic E-state index is -0.591. The molecule has 4 aromatic rings. The third-order valence-corrected chi connectivity index (χ3v) is 10.7. The van der Waals surface area contributed by atoms with Crippen molar-refractivity contribution in [3.63, 3.8) is 0 Å². The van der Waals surface area contributed by atoms with Crippen LogP contribution in [-0.4, -0.2) is 89.6 Å². The summed E-state index contributed by atoms with van der Waals surface area (Å²) in [4.78, 5) is 51.9. The minimum Gasteiger partial charge on any atom is -0.508 e. The number of hydrogen-bond acceptors (Lipinski definition) is 8. The van der Waals surface area contributed by atoms with Crippen LogP contribution >= 0.6 is 0 Å². The molecule has 0 unspecified atom stereocenters. The fraction of sp³-hybridized carbons (Fsp3) is 0.333. The second-order valence-corrected chi connectivity index (χ2v) is 14.2. The van der Waals surface area contributed by atoms with Gasteiger partial charge < -0.3 is 24.7 Å². The van der Waals surface area contributed by atoms with Crippen molar-refractivity contribution in [1.82, 2.24) is 15.1 Å². The molecule has 0 bridgehead atoms. The molecule has 3 heterocycles. The van der Waals surface area contributed by atoms with E-state index in [-0.39, 0.29) is 36.4 Å². The number of rotatable bonds is 13. The van der Waals surface area contributed by atoms with Gasteiger partial charge in [-0.3, -0.25) is 29.4 Å². The second kappa shape index (κ2) is 19.1. The Morgan fingerprint density at radius 3 is 2.18 bits per heavy atom. The Labute approximate surface area is 328 Å². The Balaban J connectivity index is 0.00000172. The molecule has 7 rings (SSSR count). The first-order chi connectivity index (χ1) is 27.3. The highest BCUT2D eigenvalue weighted by Crippen LogP contribution is 2.36. The van der Waals surface area contributed by atoms with E-state index in [1.165, 1.54) is 11.1 Å². The maximum atomic E-state index is 13.1. The van der Waals surface area contributed by atoms with E-state index in [0.29, 0.717) is 25.1 Å². The molecule has 3 aliphatic rings. The summed E-state index contributed by atoms with van der Waals surface area (Å²) in [6.07, 6.45) is 4.73. The molecule has 0 spiro atoms. The third kappa shape index (κ3) is 9.64. The summed E-state index contributed by atoms with van der Waals surface area (Å²) in [5.74, 6) is 0.340. The van der Waals surface area contributed by atoms with E-state index < -0.39 is 6.04 Å². The van der Waals surface area contributed by atoms with Crippen LogP contribution in [0.1, 0.15) is 78.1 Å². The quantitative estimate of drug-likeness (QED) is 0.0596. The van der Waals surface area contributed by atoms with Crippen LogP contribution in [0.5, 0.6) is 11.5 Å². The smallest absolute Gasteiger partial charge is 0.290 e. The first-order valence-electron chi connectivity index (χ1n) is 19.4. The van der Waals surface area contributed by atoms with Crippen LogP contribution in [0.15, 0.2) is 97.1 Å². The van der Waals surface area contributed by atoms with E-state index in [1.807, 2.05) is 30.3 Å². The SMILES string of the molecule is CC/C(=C(\c1ccc(O)cc1)c1ccc(OCCCCCN2CCN(c3ccc4c(c3)CN([C@H]3CCC(=O)NC3=O)C4=O)CC2)cc1)c1ccccc1.O=CO. The highest BCUT2D eigenvalue weighted by atomic mass is 16.5. The molecule has 2 saturated heterocycles. The van der Waals surface area contributed by atoms with E-state index in [9.17, 15) is 19.5 Å². The standard InChI is InChI=1S/C44H48N4O5.CH2O2/c1-2-38(31-9-5-3-6-10-31)42(32-11-16-36(49)17-12-32)33-13-18-37(19-14-33)53-28-8-4-7-23-46-24-26-47(27-25-46)35-15-20-39-34(29-35)30-48(44(39)52)40-21-22-41(50)45-43(40)51;2-1-3/h3,5-6,9-20,29,40,49H,2,4,7-8,21-28,30H2,1H3,(H,45,50,51);1H,(H,2,3)/b42-38-;/t40-;/m0./s1. The molecule has 0 aliphatic carbocycles. The second-order valence-electron chi connectivity index (χ2n) is 14.2. The van der Waals surface area contributed by atoms with Crippen LogP contribution in [0.2, 0.25) is 0 Å². The molecule has 3 aliphatic heterocycles. The number of nitrogens with one attached hydrogen (secondary N) is 1. The van der Waals surface area contributed by atoms with E-state index in [4.69, 9.17) is 14.6 Å². The van der Waals surface area contributed by atoms with Crippen molar-refractivity contribution >= 4 is 41.0 Å². The Morgan fingerprint density at radius 1 is 0.839 bits per heavy atom. The van der Waals surface area contributed by atoms with Gasteiger partial charge >= 0.3 is 0 Å². The predicted molar refractivity (Wildman–Crippen MR) is 216 cm³/mol. The van der Waals surface area contributed by atoms with Gasteiger partial charge in [0.2, 0.25) is 11.8 Å². The lowest BCUT2D eigenvalue weighted by atomic mass is 9.88. The minimum absolute atomic E-state index is 0.132. The van der Waals surface area contributed by atoms with Gasteiger partial charge in [0.25, 0.3) is 12.4 Å². The molecular formula is C45H50N4O7. The number of hydrogen-bond donors (Lipinski definition) is 3. The van der Waals surface area contributed by atoms with E-state index in [0.717, 1.165) is 92.1 Å². The average molecular weight is 759 g/mol. The van der Waals surface area contributed by atoms with Gasteiger partial charge in [-0.15, -0.1) is 0 Å². The normalized spacial score (nSPS) is 17.4. The van der Waals surface area contributed by atoms with Crippen molar-refractivity contribution in [3.05, 3.63) is 125 Å². The van der Waals surface area contributed by atoms with Crippen LogP contribution in [0, 0.1) is 0 Å². The Hall–Kier alpha value is -5.94. The third-order valence-electron chi connectivity index (χ3n) is 10.7. The van der Waals surface area contributed by atoms with Crippen LogP contribution in [0.25, 0.3) is 11.1 Å². The van der Waals surface area contributed by atoms with Gasteiger partial charge in [-0.1, -0.05) is 61.5 Å². The van der Waals surface area contributed by atoms with Crippen molar-refractivity contribution in [2.24, 2.45) is 0 Å². The number of nitrogens with zero attached hydrogens (tertiary/aromatic N) is 3. The molecule has 292 valence electrons. The highest BCUT2D eigenvalue weighted by molar-refractivity contribution is 6.05. The summed E-state index contributed by atoms with van der Waals surface area (Å²) in [7, 11) is 0. The number of amides is 3. The van der Waals surface area contributed by atoms with Crippen molar-refractivity contribution in [1.29, 1.82) is 0 Å². The number of benzene rings is 4. The van der Waals surface area contributed by atoms with Gasteiger partial charge in [0.1, 0.15) is 17.5 Å². The largest absolute Gasteiger partial charge is 0.508 e. The van der Waals surface area contributed by atoms with Crippen LogP contribution in [0.4, 0.5) is 5.69 Å². The Morgan fingerprint density at radius 2 is 1.52 bits per heavy atom. The monoisotopic (exact) mass is 758 g/mol. The number of carbonyl (C=O) groups excluding carboxylic acids is 3. The number of unbranched alkanes of at least 4 members (excludes halogenated alkanes) is 2. The maximum Gasteiger partial charge on any atom is 0.290 e. The number of carboxylic acid groups (broad SMARTS) is 1. The molecule has 56 heavy (non-hydrogen) atoms. The zero-order valence-corrected chi connectivity index (χ0v) is 31.9. The number of carbonyl (C=O) groups is 4. The van der Waals surface area contributed by atoms with Gasteiger partial charge in [0.15, 0.2) is 0 Å². The molecule has 11 heteroatoms. The first-order valence-corrected chi connectivity index (χ1v) is 19.4. The number of fused-ring (bicyclic) bond motifs is 1. The molecule has 0 aromatic heterocycles. The van der Waals surface area contributed by atoms with E-state index in [2.05, 4.69) is 76.6 Å². The van der Waals surface area contributed by atoms with Crippen molar-refractivity contribution in [3.8, 4) is 11.5 Å². The fourth-order valence-electron chi connectivity index (χ4n) is 7.82. The number of anilines is 1. The lowest BCUT2D eigenvalue weighted by Gasteiger charge is -2.36. The van der Waals surface area contributed by atoms with E-state index in [1.54, 1.807) is 17.0 Å². The Kier molecular flexibility index (Phi) is 13.5. The van der Waals surface area contributed by atoms with E-state index >= 15 is 0 Å². The molecule has 11 nitrogen and oxygen atoms in total. The van der Waals surface area contributed by atoms with Gasteiger partial charge in [0.05, 0.1) is 6.61 Å². The number of piperidine rings is 1. The van der Waals surface area contributed by atoms with Gasteiger partial charge in [-0.05, 0) is 115 Å². The topological polar surface area (TPSA) is 140 Å². The van der Waals surface area contributed by atoms with Crippen molar-refractivity contribution < 1.29 is 34.1 Å². The average Bonchev–Trinajstić information content (AvgIpc) is 3.54. The van der Waals surface area contributed by atoms with Crippen LogP contribution < -0.4 is 15.0 Å². The van der Waals surface area contributed by atoms with Crippen molar-refractivity contribution in [2.45, 2.75) is 58.0 Å². The van der Waals surface area contributed by atoms with Gasteiger partial charge in [-0.2, -0.15) is 0 Å². The number of aromatic hydroxyl groups is 1. The van der Waals surface area contributed by atoms with Gasteiger partial charge in [-0.25, -0.2) is 0 Å². The molecule has 3 amide bonds. The number of allylic oxidation sites excluding steroid dienone is 1. The maximum absolute atomic E-state index is 13.1. The number of phenols is 1. The molecule has 0 saturated carbocycles. The summed E-state index contributed by atoms with van der Waals surface area (Å²) in [5, 5.41) is 19.2. The zero-order valence-electron chi connectivity index (χ0n) is 31.9.